The van der Waals surface area contributed by atoms with Crippen LogP contribution < -0.4 is 0 Å². The van der Waals surface area contributed by atoms with E-state index in [-0.39, 0.29) is 5.92 Å². The van der Waals surface area contributed by atoms with Crippen LogP contribution in [-0.2, 0) is 9.53 Å². The number of allylic oxidation sites excluding steroid dienone is 2. The van der Waals surface area contributed by atoms with Crippen molar-refractivity contribution >= 4 is 6.29 Å². The lowest BCUT2D eigenvalue weighted by molar-refractivity contribution is -0.113. The van der Waals surface area contributed by atoms with E-state index in [4.69, 9.17) is 4.74 Å². The summed E-state index contributed by atoms with van der Waals surface area (Å²) in [5.74, 6) is 1.93. The van der Waals surface area contributed by atoms with Crippen LogP contribution in [0.4, 0.5) is 0 Å². The van der Waals surface area contributed by atoms with Crippen molar-refractivity contribution in [3.05, 3.63) is 12.2 Å². The Hall–Kier alpha value is -0.630. The van der Waals surface area contributed by atoms with Gasteiger partial charge in [-0.1, -0.05) is 12.2 Å². The number of hydrogen-bond acceptors (Lipinski definition) is 2. The fourth-order valence-electron chi connectivity index (χ4n) is 2.89. The van der Waals surface area contributed by atoms with Gasteiger partial charge in [-0.15, -0.1) is 0 Å². The van der Waals surface area contributed by atoms with Crippen LogP contribution in [0.15, 0.2) is 12.2 Å². The minimum atomic E-state index is 0.257. The third-order valence-corrected chi connectivity index (χ3v) is 3.53. The molecule has 2 nitrogen and oxygen atoms in total. The van der Waals surface area contributed by atoms with Gasteiger partial charge in [0.05, 0.1) is 12.7 Å². The van der Waals surface area contributed by atoms with Gasteiger partial charge in [-0.2, -0.15) is 0 Å². The molecule has 1 saturated carbocycles. The SMILES string of the molecule is O=CC1C2C=CC(C2)C1C1CO1. The highest BCUT2D eigenvalue weighted by Crippen LogP contribution is 2.51. The lowest BCUT2D eigenvalue weighted by atomic mass is 9.82. The van der Waals surface area contributed by atoms with Crippen molar-refractivity contribution in [2.24, 2.45) is 23.7 Å². The largest absolute Gasteiger partial charge is 0.373 e. The lowest BCUT2D eigenvalue weighted by Crippen LogP contribution is -2.25. The van der Waals surface area contributed by atoms with E-state index in [1.165, 1.54) is 6.42 Å². The van der Waals surface area contributed by atoms with E-state index in [0.717, 1.165) is 12.9 Å². The van der Waals surface area contributed by atoms with Crippen LogP contribution in [0.3, 0.4) is 0 Å². The Labute approximate surface area is 71.6 Å². The number of carbonyl (C=O) groups excluding carboxylic acids is 1. The molecule has 2 bridgehead atoms. The molecule has 1 aliphatic heterocycles. The number of ether oxygens (including phenoxy) is 1. The van der Waals surface area contributed by atoms with Gasteiger partial charge in [-0.3, -0.25) is 0 Å². The molecule has 0 aromatic heterocycles. The second kappa shape index (κ2) is 2.19. The highest BCUT2D eigenvalue weighted by molar-refractivity contribution is 5.57. The average Bonchev–Trinajstić information content (AvgIpc) is 2.74. The van der Waals surface area contributed by atoms with Crippen LogP contribution >= 0.6 is 0 Å². The van der Waals surface area contributed by atoms with Gasteiger partial charge in [-0.05, 0) is 18.3 Å². The zero-order valence-electron chi connectivity index (χ0n) is 6.85. The van der Waals surface area contributed by atoms with E-state index < -0.39 is 0 Å². The number of carbonyl (C=O) groups is 1. The first-order valence-electron chi connectivity index (χ1n) is 4.65. The number of aldehydes is 1. The highest BCUT2D eigenvalue weighted by Gasteiger charge is 2.51. The van der Waals surface area contributed by atoms with Crippen molar-refractivity contribution in [2.45, 2.75) is 12.5 Å². The maximum Gasteiger partial charge on any atom is 0.124 e. The van der Waals surface area contributed by atoms with Gasteiger partial charge in [0.1, 0.15) is 6.29 Å². The molecular weight excluding hydrogens is 152 g/mol. The minimum Gasteiger partial charge on any atom is -0.373 e. The fraction of sp³-hybridized carbons (Fsp3) is 0.700. The summed E-state index contributed by atoms with van der Waals surface area (Å²) in [6, 6.07) is 0. The van der Waals surface area contributed by atoms with E-state index in [1.54, 1.807) is 0 Å². The Morgan fingerprint density at radius 2 is 2.08 bits per heavy atom. The molecule has 2 aliphatic carbocycles. The van der Waals surface area contributed by atoms with Crippen molar-refractivity contribution in [3.8, 4) is 0 Å². The van der Waals surface area contributed by atoms with E-state index in [1.807, 2.05) is 0 Å². The van der Waals surface area contributed by atoms with Crippen LogP contribution in [0.5, 0.6) is 0 Å². The molecule has 0 amide bonds. The molecule has 1 saturated heterocycles. The Morgan fingerprint density at radius 1 is 1.33 bits per heavy atom. The molecule has 2 fully saturated rings. The summed E-state index contributed by atoms with van der Waals surface area (Å²) in [5.41, 5.74) is 0. The van der Waals surface area contributed by atoms with Gasteiger partial charge in [0.15, 0.2) is 0 Å². The van der Waals surface area contributed by atoms with E-state index in [0.29, 0.717) is 23.9 Å². The molecule has 1 heterocycles. The predicted molar refractivity (Wildman–Crippen MR) is 43.5 cm³/mol. The molecule has 0 aromatic carbocycles. The number of fused-ring (bicyclic) bond motifs is 2. The second-order valence-electron chi connectivity index (χ2n) is 4.11. The predicted octanol–water partition coefficient (Wildman–Crippen LogP) is 1.02. The number of hydrogen-bond donors (Lipinski definition) is 0. The summed E-state index contributed by atoms with van der Waals surface area (Å²) in [5, 5.41) is 0. The van der Waals surface area contributed by atoms with Crippen LogP contribution in [-0.4, -0.2) is 19.0 Å². The molecule has 64 valence electrons. The van der Waals surface area contributed by atoms with Gasteiger partial charge < -0.3 is 9.53 Å². The second-order valence-corrected chi connectivity index (χ2v) is 4.11. The molecule has 0 radical (unpaired) electrons. The Balaban J connectivity index is 1.90. The Bertz CT molecular complexity index is 242. The molecule has 12 heavy (non-hydrogen) atoms. The molecule has 5 atom stereocenters. The van der Waals surface area contributed by atoms with Gasteiger partial charge in [0, 0.05) is 11.8 Å². The molecule has 0 N–H and O–H groups in total. The first-order chi connectivity index (χ1) is 5.90. The summed E-state index contributed by atoms with van der Waals surface area (Å²) < 4.78 is 5.28. The van der Waals surface area contributed by atoms with Crippen molar-refractivity contribution in [1.29, 1.82) is 0 Å². The van der Waals surface area contributed by atoms with E-state index in [2.05, 4.69) is 12.2 Å². The van der Waals surface area contributed by atoms with Gasteiger partial charge in [-0.25, -0.2) is 0 Å². The third-order valence-electron chi connectivity index (χ3n) is 3.53. The quantitative estimate of drug-likeness (QED) is 0.346. The summed E-state index contributed by atoms with van der Waals surface area (Å²) in [7, 11) is 0. The average molecular weight is 164 g/mol. The Kier molecular flexibility index (Phi) is 1.25. The zero-order chi connectivity index (χ0) is 8.13. The van der Waals surface area contributed by atoms with Gasteiger partial charge in [0.2, 0.25) is 0 Å². The van der Waals surface area contributed by atoms with E-state index in [9.17, 15) is 4.79 Å². The molecule has 3 aliphatic rings. The van der Waals surface area contributed by atoms with Gasteiger partial charge >= 0.3 is 0 Å². The van der Waals surface area contributed by atoms with Crippen molar-refractivity contribution in [2.75, 3.05) is 6.61 Å². The standard InChI is InChI=1S/C10H12O2/c11-4-8-6-1-2-7(3-6)10(8)9-5-12-9/h1-2,4,6-10H,3,5H2. The fourth-order valence-corrected chi connectivity index (χ4v) is 2.89. The van der Waals surface area contributed by atoms with Crippen LogP contribution in [0.25, 0.3) is 0 Å². The highest BCUT2D eigenvalue weighted by atomic mass is 16.6. The topological polar surface area (TPSA) is 29.6 Å². The lowest BCUT2D eigenvalue weighted by Gasteiger charge is -2.21. The first-order valence-corrected chi connectivity index (χ1v) is 4.65. The monoisotopic (exact) mass is 164 g/mol. The van der Waals surface area contributed by atoms with Crippen LogP contribution in [0.1, 0.15) is 6.42 Å². The molecule has 0 spiro atoms. The van der Waals surface area contributed by atoms with Crippen molar-refractivity contribution < 1.29 is 9.53 Å². The van der Waals surface area contributed by atoms with Gasteiger partial charge in [0.25, 0.3) is 0 Å². The summed E-state index contributed by atoms with van der Waals surface area (Å²) >= 11 is 0. The third kappa shape index (κ3) is 0.761. The maximum atomic E-state index is 10.9. The number of rotatable bonds is 2. The Morgan fingerprint density at radius 3 is 2.75 bits per heavy atom. The molecular formula is C10H12O2. The van der Waals surface area contributed by atoms with Crippen molar-refractivity contribution in [1.82, 2.24) is 0 Å². The summed E-state index contributed by atoms with van der Waals surface area (Å²) in [6.45, 7) is 0.881. The molecule has 2 heteroatoms. The normalized spacial score (nSPS) is 54.5. The number of epoxide rings is 1. The van der Waals surface area contributed by atoms with Crippen LogP contribution in [0.2, 0.25) is 0 Å². The zero-order valence-corrected chi connectivity index (χ0v) is 6.85. The molecule has 0 aromatic rings. The summed E-state index contributed by atoms with van der Waals surface area (Å²) in [4.78, 5) is 10.9. The maximum absolute atomic E-state index is 10.9. The first kappa shape index (κ1) is 6.84. The van der Waals surface area contributed by atoms with E-state index >= 15 is 0 Å². The van der Waals surface area contributed by atoms with Crippen molar-refractivity contribution in [3.63, 3.8) is 0 Å². The van der Waals surface area contributed by atoms with Crippen LogP contribution in [0, 0.1) is 23.7 Å². The molecule has 3 rings (SSSR count). The minimum absolute atomic E-state index is 0.257. The smallest absolute Gasteiger partial charge is 0.124 e. The molecule has 5 unspecified atom stereocenters. The summed E-state index contributed by atoms with van der Waals surface area (Å²) in [6.07, 6.45) is 7.22.